The molecular weight excluding hydrogens is 400 g/mol. The van der Waals surface area contributed by atoms with E-state index in [0.29, 0.717) is 33.6 Å². The monoisotopic (exact) mass is 421 g/mol. The summed E-state index contributed by atoms with van der Waals surface area (Å²) in [7, 11) is 1.59. The maximum absolute atomic E-state index is 13.1. The lowest BCUT2D eigenvalue weighted by atomic mass is 10.0. The molecule has 1 N–H and O–H groups in total. The van der Waals surface area contributed by atoms with Crippen LogP contribution in [0.2, 0.25) is 0 Å². The van der Waals surface area contributed by atoms with Crippen LogP contribution in [0.3, 0.4) is 0 Å². The summed E-state index contributed by atoms with van der Waals surface area (Å²) in [5, 5.41) is 5.16. The van der Waals surface area contributed by atoms with Crippen molar-refractivity contribution in [2.45, 2.75) is 18.2 Å². The number of aromatic nitrogens is 3. The van der Waals surface area contributed by atoms with Gasteiger partial charge in [0.15, 0.2) is 0 Å². The molecule has 1 unspecified atom stereocenters. The third-order valence-electron chi connectivity index (χ3n) is 4.83. The lowest BCUT2D eigenvalue weighted by molar-refractivity contribution is -0.763. The molecule has 152 valence electrons. The van der Waals surface area contributed by atoms with Crippen molar-refractivity contribution in [1.29, 1.82) is 0 Å². The molecule has 0 fully saturated rings. The van der Waals surface area contributed by atoms with Crippen LogP contribution in [0.15, 0.2) is 71.1 Å². The predicted molar refractivity (Wildman–Crippen MR) is 116 cm³/mol. The van der Waals surface area contributed by atoms with Crippen LogP contribution >= 0.6 is 11.8 Å². The lowest BCUT2D eigenvalue weighted by Gasteiger charge is -2.31. The summed E-state index contributed by atoms with van der Waals surface area (Å²) in [6, 6.07) is 14.8. The Morgan fingerprint density at radius 1 is 1.33 bits per heavy atom. The SMILES string of the molecule is C=CCSc1n[n+]2c(c(=O)[nH]1)-c1ccccc1N(C(C)=O)C2c1cccc(OC)c1. The van der Waals surface area contributed by atoms with Gasteiger partial charge in [-0.1, -0.05) is 36.0 Å². The molecule has 30 heavy (non-hydrogen) atoms. The summed E-state index contributed by atoms with van der Waals surface area (Å²) in [6.07, 6.45) is 1.11. The highest BCUT2D eigenvalue weighted by Crippen LogP contribution is 2.37. The van der Waals surface area contributed by atoms with E-state index >= 15 is 0 Å². The number of H-pyrrole nitrogens is 1. The molecule has 2 aromatic carbocycles. The summed E-state index contributed by atoms with van der Waals surface area (Å²) in [5.41, 5.74) is 2.24. The lowest BCUT2D eigenvalue weighted by Crippen LogP contribution is -2.60. The highest BCUT2D eigenvalue weighted by molar-refractivity contribution is 7.99. The van der Waals surface area contributed by atoms with E-state index < -0.39 is 6.17 Å². The molecule has 4 rings (SSSR count). The van der Waals surface area contributed by atoms with Gasteiger partial charge in [-0.15, -0.1) is 6.58 Å². The molecule has 3 aromatic rings. The molecule has 1 atom stereocenters. The van der Waals surface area contributed by atoms with Gasteiger partial charge in [-0.05, 0) is 35.0 Å². The molecule has 0 bridgehead atoms. The van der Waals surface area contributed by atoms with E-state index in [4.69, 9.17) is 9.84 Å². The van der Waals surface area contributed by atoms with Crippen LogP contribution in [0.4, 0.5) is 5.69 Å². The fourth-order valence-corrected chi connectivity index (χ4v) is 4.20. The Kier molecular flexibility index (Phi) is 5.41. The van der Waals surface area contributed by atoms with E-state index in [2.05, 4.69) is 11.6 Å². The first kappa shape index (κ1) is 19.9. The van der Waals surface area contributed by atoms with E-state index in [9.17, 15) is 9.59 Å². The molecule has 7 nitrogen and oxygen atoms in total. The average Bonchev–Trinajstić information content (AvgIpc) is 2.76. The van der Waals surface area contributed by atoms with Crippen molar-refractivity contribution in [3.05, 3.63) is 77.1 Å². The summed E-state index contributed by atoms with van der Waals surface area (Å²) >= 11 is 1.37. The van der Waals surface area contributed by atoms with Gasteiger partial charge in [-0.2, -0.15) is 0 Å². The van der Waals surface area contributed by atoms with Gasteiger partial charge in [0.2, 0.25) is 11.1 Å². The zero-order chi connectivity index (χ0) is 21.3. The zero-order valence-corrected chi connectivity index (χ0v) is 17.5. The maximum atomic E-state index is 13.1. The van der Waals surface area contributed by atoms with Crippen molar-refractivity contribution < 1.29 is 14.2 Å². The van der Waals surface area contributed by atoms with Gasteiger partial charge in [0.25, 0.3) is 6.17 Å². The van der Waals surface area contributed by atoms with E-state index in [1.807, 2.05) is 48.5 Å². The number of para-hydroxylation sites is 1. The highest BCUT2D eigenvalue weighted by Gasteiger charge is 2.44. The van der Waals surface area contributed by atoms with Crippen molar-refractivity contribution in [2.24, 2.45) is 0 Å². The fourth-order valence-electron chi connectivity index (χ4n) is 3.62. The smallest absolute Gasteiger partial charge is 0.325 e. The minimum absolute atomic E-state index is 0.157. The number of rotatable bonds is 5. The van der Waals surface area contributed by atoms with Crippen LogP contribution in [0.5, 0.6) is 5.75 Å². The fraction of sp³-hybridized carbons (Fsp3) is 0.182. The topological polar surface area (TPSA) is 79.2 Å². The Hall–Kier alpha value is -3.39. The molecule has 0 aliphatic carbocycles. The minimum atomic E-state index is -0.632. The quantitative estimate of drug-likeness (QED) is 0.389. The van der Waals surface area contributed by atoms with Crippen molar-refractivity contribution in [2.75, 3.05) is 17.8 Å². The Balaban J connectivity index is 2.03. The second-order valence-corrected chi connectivity index (χ2v) is 7.72. The van der Waals surface area contributed by atoms with Gasteiger partial charge in [0.05, 0.1) is 18.4 Å². The second kappa shape index (κ2) is 8.16. The summed E-state index contributed by atoms with van der Waals surface area (Å²) in [6.45, 7) is 5.23. The molecule has 0 radical (unpaired) electrons. The first-order valence-corrected chi connectivity index (χ1v) is 10.4. The van der Waals surface area contributed by atoms with E-state index in [1.54, 1.807) is 22.8 Å². The number of nitrogens with zero attached hydrogens (tertiary/aromatic N) is 3. The summed E-state index contributed by atoms with van der Waals surface area (Å²) in [4.78, 5) is 30.4. The largest absolute Gasteiger partial charge is 0.497 e. The van der Waals surface area contributed by atoms with Gasteiger partial charge in [-0.25, -0.2) is 4.90 Å². The number of carbonyl (C=O) groups excluding carboxylic acids is 1. The number of nitrogens with one attached hydrogen (secondary N) is 1. The van der Waals surface area contributed by atoms with E-state index in [-0.39, 0.29) is 11.5 Å². The van der Waals surface area contributed by atoms with Crippen LogP contribution in [0.1, 0.15) is 18.7 Å². The summed E-state index contributed by atoms with van der Waals surface area (Å²) < 4.78 is 7.01. The van der Waals surface area contributed by atoms with Crippen LogP contribution in [0.25, 0.3) is 11.3 Å². The molecule has 2 heterocycles. The van der Waals surface area contributed by atoms with E-state index in [1.165, 1.54) is 18.7 Å². The predicted octanol–water partition coefficient (Wildman–Crippen LogP) is 2.92. The van der Waals surface area contributed by atoms with Gasteiger partial charge < -0.3 is 4.74 Å². The van der Waals surface area contributed by atoms with Crippen LogP contribution in [-0.2, 0) is 4.79 Å². The third kappa shape index (κ3) is 3.39. The van der Waals surface area contributed by atoms with Gasteiger partial charge in [0, 0.05) is 23.3 Å². The molecule has 1 aliphatic heterocycles. The Labute approximate surface area is 178 Å². The van der Waals surface area contributed by atoms with Gasteiger partial charge in [0.1, 0.15) is 5.75 Å². The average molecular weight is 422 g/mol. The van der Waals surface area contributed by atoms with Crippen molar-refractivity contribution >= 4 is 23.4 Å². The minimum Gasteiger partial charge on any atom is -0.497 e. The molecule has 0 saturated carbocycles. The number of carbonyl (C=O) groups is 1. The second-order valence-electron chi connectivity index (χ2n) is 6.71. The number of anilines is 1. The number of aromatic amines is 1. The first-order chi connectivity index (χ1) is 14.5. The van der Waals surface area contributed by atoms with Crippen LogP contribution in [0, 0.1) is 0 Å². The number of thioether (sulfide) groups is 1. The number of methoxy groups -OCH3 is 1. The number of ether oxygens (including phenoxy) is 1. The van der Waals surface area contributed by atoms with Crippen molar-refractivity contribution in [1.82, 2.24) is 10.1 Å². The van der Waals surface area contributed by atoms with Gasteiger partial charge in [-0.3, -0.25) is 14.6 Å². The molecule has 1 aromatic heterocycles. The van der Waals surface area contributed by atoms with Crippen molar-refractivity contribution in [3.63, 3.8) is 0 Å². The molecule has 0 saturated heterocycles. The zero-order valence-electron chi connectivity index (χ0n) is 16.7. The maximum Gasteiger partial charge on any atom is 0.325 e. The number of benzene rings is 2. The molecule has 8 heteroatoms. The highest BCUT2D eigenvalue weighted by atomic mass is 32.2. The van der Waals surface area contributed by atoms with Crippen LogP contribution < -0.4 is 19.9 Å². The number of hydrogen-bond donors (Lipinski definition) is 1. The number of fused-ring (bicyclic) bond motifs is 3. The normalized spacial score (nSPS) is 14.6. The molecule has 1 amide bonds. The van der Waals surface area contributed by atoms with Gasteiger partial charge >= 0.3 is 11.3 Å². The summed E-state index contributed by atoms with van der Waals surface area (Å²) in [5.74, 6) is 1.10. The van der Waals surface area contributed by atoms with Crippen LogP contribution in [-0.4, -0.2) is 28.9 Å². The molecule has 0 spiro atoms. The third-order valence-corrected chi connectivity index (χ3v) is 5.69. The van der Waals surface area contributed by atoms with Crippen molar-refractivity contribution in [3.8, 4) is 17.0 Å². The Morgan fingerprint density at radius 3 is 2.87 bits per heavy atom. The first-order valence-electron chi connectivity index (χ1n) is 9.38. The Bertz CT molecular complexity index is 1190. The number of hydrogen-bond acceptors (Lipinski definition) is 5. The molecular formula is C22H21N4O3S+. The molecule has 1 aliphatic rings. The van der Waals surface area contributed by atoms with E-state index in [0.717, 1.165) is 5.56 Å². The standard InChI is InChI=1S/C22H20N4O3S/c1-4-12-30-22-23-20(28)19-17-10-5-6-11-18(17)25(14(2)27)21(26(19)24-22)15-8-7-9-16(13-15)29-3/h4-11,13,21H,1,12H2,2-3H3/p+1. The number of amides is 1. The Morgan fingerprint density at radius 2 is 2.13 bits per heavy atom.